The van der Waals surface area contributed by atoms with E-state index in [-0.39, 0.29) is 12.3 Å². The van der Waals surface area contributed by atoms with Gasteiger partial charge in [0.25, 0.3) is 0 Å². The summed E-state index contributed by atoms with van der Waals surface area (Å²) in [5.74, 6) is 0.0121. The molecule has 0 saturated heterocycles. The number of nitrogens with one attached hydrogen (secondary N) is 1. The van der Waals surface area contributed by atoms with Crippen molar-refractivity contribution in [3.05, 3.63) is 53.7 Å². The summed E-state index contributed by atoms with van der Waals surface area (Å²) in [6, 6.07) is 8.24. The van der Waals surface area contributed by atoms with E-state index in [1.54, 1.807) is 19.1 Å². The molecule has 1 heterocycles. The topological polar surface area (TPSA) is 79.5 Å². The van der Waals surface area contributed by atoms with E-state index in [1.165, 1.54) is 12.1 Å². The Morgan fingerprint density at radius 2 is 2.00 bits per heavy atom. The van der Waals surface area contributed by atoms with Crippen LogP contribution in [0.25, 0.3) is 0 Å². The molecule has 0 bridgehead atoms. The Morgan fingerprint density at radius 3 is 2.60 bits per heavy atom. The summed E-state index contributed by atoms with van der Waals surface area (Å²) in [6.45, 7) is 1.41. The molecule has 0 fully saturated rings. The van der Waals surface area contributed by atoms with Crippen LogP contribution in [-0.2, 0) is 10.0 Å². The number of sulfonamides is 1. The molecule has 0 saturated carbocycles. The van der Waals surface area contributed by atoms with Crippen LogP contribution in [0.1, 0.15) is 17.6 Å². The van der Waals surface area contributed by atoms with Crippen LogP contribution in [0.4, 0.5) is 4.39 Å². The number of halogens is 1. The molecule has 2 aromatic rings. The van der Waals surface area contributed by atoms with Crippen molar-refractivity contribution in [1.82, 2.24) is 4.72 Å². The monoisotopic (exact) mass is 299 g/mol. The maximum atomic E-state index is 13.4. The van der Waals surface area contributed by atoms with Crippen LogP contribution in [0, 0.1) is 12.7 Å². The molecule has 20 heavy (non-hydrogen) atoms. The van der Waals surface area contributed by atoms with E-state index in [4.69, 9.17) is 4.42 Å². The highest BCUT2D eigenvalue weighted by atomic mass is 32.2. The van der Waals surface area contributed by atoms with Crippen LogP contribution in [0.15, 0.2) is 45.7 Å². The number of benzene rings is 1. The predicted octanol–water partition coefficient (Wildman–Crippen LogP) is 1.74. The van der Waals surface area contributed by atoms with E-state index in [0.29, 0.717) is 5.76 Å². The number of aliphatic hydroxyl groups excluding tert-OH is 1. The summed E-state index contributed by atoms with van der Waals surface area (Å²) in [5.41, 5.74) is 0. The van der Waals surface area contributed by atoms with Crippen LogP contribution in [0.3, 0.4) is 0 Å². The van der Waals surface area contributed by atoms with Crippen molar-refractivity contribution in [2.45, 2.75) is 17.9 Å². The lowest BCUT2D eigenvalue weighted by Gasteiger charge is -2.10. The van der Waals surface area contributed by atoms with Crippen LogP contribution in [0.2, 0.25) is 0 Å². The van der Waals surface area contributed by atoms with Gasteiger partial charge in [-0.25, -0.2) is 17.5 Å². The van der Waals surface area contributed by atoms with E-state index in [9.17, 15) is 17.9 Å². The Bertz CT molecular complexity index is 696. The Balaban J connectivity index is 2.08. The van der Waals surface area contributed by atoms with E-state index in [0.717, 1.165) is 12.1 Å². The van der Waals surface area contributed by atoms with Gasteiger partial charge >= 0.3 is 0 Å². The second kappa shape index (κ2) is 5.74. The first-order chi connectivity index (χ1) is 9.40. The minimum atomic E-state index is -4.01. The maximum absolute atomic E-state index is 13.4. The van der Waals surface area contributed by atoms with Gasteiger partial charge in [0.1, 0.15) is 28.3 Å². The molecular weight excluding hydrogens is 285 g/mol. The third-order valence-electron chi connectivity index (χ3n) is 2.68. The molecule has 5 nitrogen and oxygen atoms in total. The van der Waals surface area contributed by atoms with Gasteiger partial charge in [-0.1, -0.05) is 12.1 Å². The van der Waals surface area contributed by atoms with Crippen LogP contribution in [-0.4, -0.2) is 20.1 Å². The van der Waals surface area contributed by atoms with Crippen molar-refractivity contribution >= 4 is 10.0 Å². The fourth-order valence-corrected chi connectivity index (χ4v) is 2.78. The Kier molecular flexibility index (Phi) is 4.22. The first-order valence-corrected chi connectivity index (χ1v) is 7.37. The van der Waals surface area contributed by atoms with Gasteiger partial charge < -0.3 is 9.52 Å². The van der Waals surface area contributed by atoms with Gasteiger partial charge in [-0.3, -0.25) is 0 Å². The summed E-state index contributed by atoms with van der Waals surface area (Å²) in [7, 11) is -4.01. The summed E-state index contributed by atoms with van der Waals surface area (Å²) in [4.78, 5) is -0.456. The minimum Gasteiger partial charge on any atom is -0.464 e. The van der Waals surface area contributed by atoms with Gasteiger partial charge in [0.2, 0.25) is 10.0 Å². The van der Waals surface area contributed by atoms with Gasteiger partial charge in [0.05, 0.1) is 0 Å². The lowest BCUT2D eigenvalue weighted by atomic mass is 10.3. The van der Waals surface area contributed by atoms with Gasteiger partial charge in [-0.15, -0.1) is 0 Å². The average Bonchev–Trinajstić information content (AvgIpc) is 2.83. The lowest BCUT2D eigenvalue weighted by Crippen LogP contribution is -2.29. The third-order valence-corrected chi connectivity index (χ3v) is 4.14. The molecule has 0 spiro atoms. The SMILES string of the molecule is Cc1ccc([C@@H](O)CNS(=O)(=O)c2ccccc2F)o1. The fourth-order valence-electron chi connectivity index (χ4n) is 1.66. The maximum Gasteiger partial charge on any atom is 0.243 e. The Labute approximate surface area is 116 Å². The quantitative estimate of drug-likeness (QED) is 0.881. The highest BCUT2D eigenvalue weighted by molar-refractivity contribution is 7.89. The Hall–Kier alpha value is -1.70. The standard InChI is InChI=1S/C13H14FNO4S/c1-9-6-7-12(19-9)11(16)8-15-20(17,18)13-5-3-2-4-10(13)14/h2-7,11,15-16H,8H2,1H3/t11-/m0/s1. The molecular formula is C13H14FNO4S. The number of hydrogen-bond donors (Lipinski definition) is 2. The van der Waals surface area contributed by atoms with E-state index < -0.39 is 26.8 Å². The van der Waals surface area contributed by atoms with Gasteiger partial charge in [0.15, 0.2) is 0 Å². The molecule has 0 aliphatic heterocycles. The van der Waals surface area contributed by atoms with Crippen LogP contribution < -0.4 is 4.72 Å². The number of furan rings is 1. The van der Waals surface area contributed by atoms with Crippen molar-refractivity contribution < 1.29 is 22.3 Å². The van der Waals surface area contributed by atoms with Crippen molar-refractivity contribution in [2.24, 2.45) is 0 Å². The second-order valence-electron chi connectivity index (χ2n) is 4.25. The molecule has 0 radical (unpaired) electrons. The van der Waals surface area contributed by atoms with Crippen LogP contribution in [0.5, 0.6) is 0 Å². The molecule has 0 amide bonds. The summed E-state index contributed by atoms with van der Waals surface area (Å²) < 4.78 is 44.6. The van der Waals surface area contributed by atoms with Gasteiger partial charge in [-0.2, -0.15) is 0 Å². The van der Waals surface area contributed by atoms with E-state index >= 15 is 0 Å². The Morgan fingerprint density at radius 1 is 1.30 bits per heavy atom. The molecule has 2 rings (SSSR count). The summed E-state index contributed by atoms with van der Waals surface area (Å²) in [5, 5.41) is 9.80. The molecule has 0 aliphatic rings. The summed E-state index contributed by atoms with van der Waals surface area (Å²) in [6.07, 6.45) is -1.13. The molecule has 1 aromatic heterocycles. The average molecular weight is 299 g/mol. The van der Waals surface area contributed by atoms with Gasteiger partial charge in [0, 0.05) is 6.54 Å². The van der Waals surface area contributed by atoms with Crippen molar-refractivity contribution in [1.29, 1.82) is 0 Å². The molecule has 108 valence electrons. The zero-order chi connectivity index (χ0) is 14.8. The first kappa shape index (κ1) is 14.7. The molecule has 7 heteroatoms. The number of hydrogen-bond acceptors (Lipinski definition) is 4. The second-order valence-corrected chi connectivity index (χ2v) is 5.98. The number of rotatable bonds is 5. The van der Waals surface area contributed by atoms with Crippen molar-refractivity contribution in [3.8, 4) is 0 Å². The molecule has 1 aromatic carbocycles. The van der Waals surface area contributed by atoms with E-state index in [1.807, 2.05) is 0 Å². The van der Waals surface area contributed by atoms with Crippen molar-refractivity contribution in [3.63, 3.8) is 0 Å². The smallest absolute Gasteiger partial charge is 0.243 e. The normalized spacial score (nSPS) is 13.3. The van der Waals surface area contributed by atoms with Gasteiger partial charge in [-0.05, 0) is 31.2 Å². The van der Waals surface area contributed by atoms with E-state index in [2.05, 4.69) is 4.72 Å². The third kappa shape index (κ3) is 3.24. The fraction of sp³-hybridized carbons (Fsp3) is 0.231. The zero-order valence-corrected chi connectivity index (χ0v) is 11.5. The van der Waals surface area contributed by atoms with Crippen LogP contribution >= 0.6 is 0 Å². The zero-order valence-electron chi connectivity index (χ0n) is 10.7. The molecule has 1 atom stereocenters. The molecule has 2 N–H and O–H groups in total. The van der Waals surface area contributed by atoms with Crippen molar-refractivity contribution in [2.75, 3.05) is 6.54 Å². The molecule has 0 aliphatic carbocycles. The number of aryl methyl sites for hydroxylation is 1. The largest absolute Gasteiger partial charge is 0.464 e. The minimum absolute atomic E-state index is 0.249. The molecule has 0 unspecified atom stereocenters. The predicted molar refractivity (Wildman–Crippen MR) is 70.0 cm³/mol. The summed E-state index contributed by atoms with van der Waals surface area (Å²) >= 11 is 0. The lowest BCUT2D eigenvalue weighted by molar-refractivity contribution is 0.152. The first-order valence-electron chi connectivity index (χ1n) is 5.89. The highest BCUT2D eigenvalue weighted by Gasteiger charge is 2.21. The number of aliphatic hydroxyl groups is 1. The highest BCUT2D eigenvalue weighted by Crippen LogP contribution is 2.17.